The van der Waals surface area contributed by atoms with Gasteiger partial charge in [-0.3, -0.25) is 4.57 Å². The summed E-state index contributed by atoms with van der Waals surface area (Å²) in [5.41, 5.74) is 0.743. The number of aromatic nitrogens is 2. The second kappa shape index (κ2) is 6.81. The minimum absolute atomic E-state index is 0.0420. The second-order valence-electron chi connectivity index (χ2n) is 5.89. The van der Waals surface area contributed by atoms with E-state index in [0.717, 1.165) is 5.56 Å². The summed E-state index contributed by atoms with van der Waals surface area (Å²) in [5, 5.41) is 11.1. The molecule has 134 valence electrons. The molecule has 0 amide bonds. The van der Waals surface area contributed by atoms with E-state index >= 15 is 0 Å². The summed E-state index contributed by atoms with van der Waals surface area (Å²) >= 11 is 0. The highest BCUT2D eigenvalue weighted by atomic mass is 32.2. The van der Waals surface area contributed by atoms with Crippen molar-refractivity contribution in [3.63, 3.8) is 0 Å². The molecule has 2 heterocycles. The van der Waals surface area contributed by atoms with Crippen molar-refractivity contribution < 1.29 is 13.3 Å². The monoisotopic (exact) mass is 365 g/mol. The number of nitro groups is 1. The highest BCUT2D eigenvalue weighted by molar-refractivity contribution is 7.88. The number of hydrogen-bond donors (Lipinski definition) is 0. The van der Waals surface area contributed by atoms with Gasteiger partial charge in [-0.1, -0.05) is 30.3 Å². The van der Waals surface area contributed by atoms with E-state index in [-0.39, 0.29) is 24.7 Å². The average molecular weight is 365 g/mol. The third kappa shape index (κ3) is 3.64. The Hall–Kier alpha value is -2.46. The first-order valence-corrected chi connectivity index (χ1v) is 9.42. The maximum Gasteiger partial charge on any atom is 0.406 e. The van der Waals surface area contributed by atoms with E-state index in [2.05, 4.69) is 4.98 Å². The van der Waals surface area contributed by atoms with Crippen molar-refractivity contribution in [2.75, 3.05) is 31.1 Å². The van der Waals surface area contributed by atoms with Crippen LogP contribution in [0.4, 0.5) is 11.6 Å². The van der Waals surface area contributed by atoms with E-state index < -0.39 is 14.9 Å². The summed E-state index contributed by atoms with van der Waals surface area (Å²) in [6.07, 6.45) is 1.39. The summed E-state index contributed by atoms with van der Waals surface area (Å²) in [6.45, 7) is 1.35. The summed E-state index contributed by atoms with van der Waals surface area (Å²) in [4.78, 5) is 16.2. The van der Waals surface area contributed by atoms with Crippen molar-refractivity contribution in [1.82, 2.24) is 13.9 Å². The second-order valence-corrected chi connectivity index (χ2v) is 7.86. The zero-order valence-electron chi connectivity index (χ0n) is 13.8. The summed E-state index contributed by atoms with van der Waals surface area (Å²) in [7, 11) is -1.73. The summed E-state index contributed by atoms with van der Waals surface area (Å²) in [6, 6.07) is 9.03. The number of imidazole rings is 1. The van der Waals surface area contributed by atoms with Gasteiger partial charge in [0, 0.05) is 33.2 Å². The van der Waals surface area contributed by atoms with E-state index in [1.54, 1.807) is 28.6 Å². The van der Waals surface area contributed by atoms with Gasteiger partial charge in [-0.2, -0.15) is 4.31 Å². The van der Waals surface area contributed by atoms with E-state index in [1.165, 1.54) is 10.6 Å². The van der Waals surface area contributed by atoms with E-state index in [1.807, 2.05) is 18.2 Å². The molecule has 3 rings (SSSR count). The molecule has 0 unspecified atom stereocenters. The number of anilines is 1. The Kier molecular flexibility index (Phi) is 4.73. The topological polar surface area (TPSA) is 102 Å². The molecule has 0 saturated carbocycles. The Morgan fingerprint density at radius 3 is 2.40 bits per heavy atom. The van der Waals surface area contributed by atoms with Crippen molar-refractivity contribution in [2.24, 2.45) is 7.05 Å². The normalized spacial score (nSPS) is 16.1. The molecule has 1 fully saturated rings. The molecule has 1 aliphatic rings. The van der Waals surface area contributed by atoms with Crippen LogP contribution in [0.5, 0.6) is 0 Å². The van der Waals surface area contributed by atoms with Gasteiger partial charge in [-0.15, -0.1) is 0 Å². The maximum atomic E-state index is 12.6. The molecule has 1 aliphatic heterocycles. The minimum atomic E-state index is -3.41. The number of aryl methyl sites for hydroxylation is 1. The highest BCUT2D eigenvalue weighted by Gasteiger charge is 2.32. The van der Waals surface area contributed by atoms with Crippen molar-refractivity contribution in [1.29, 1.82) is 0 Å². The van der Waals surface area contributed by atoms with Crippen LogP contribution in [0, 0.1) is 10.1 Å². The largest absolute Gasteiger partial charge is 0.406 e. The molecule has 0 bridgehead atoms. The van der Waals surface area contributed by atoms with Crippen LogP contribution in [0.15, 0.2) is 36.7 Å². The van der Waals surface area contributed by atoms with Crippen LogP contribution >= 0.6 is 0 Å². The fourth-order valence-electron chi connectivity index (χ4n) is 2.96. The van der Waals surface area contributed by atoms with Gasteiger partial charge >= 0.3 is 5.82 Å². The molecule has 1 saturated heterocycles. The summed E-state index contributed by atoms with van der Waals surface area (Å²) in [5.74, 6) is 0.160. The zero-order valence-corrected chi connectivity index (χ0v) is 14.6. The molecule has 1 aromatic heterocycles. The van der Waals surface area contributed by atoms with Crippen molar-refractivity contribution >= 4 is 21.7 Å². The number of hydrogen-bond acceptors (Lipinski definition) is 6. The average Bonchev–Trinajstić information content (AvgIpc) is 2.97. The lowest BCUT2D eigenvalue weighted by molar-refractivity contribution is -0.388. The SMILES string of the molecule is Cn1cnc([N+](=O)[O-])c1N1CCN(S(=O)(=O)Cc2ccccc2)CC1. The first-order valence-electron chi connectivity index (χ1n) is 7.81. The van der Waals surface area contributed by atoms with Crippen LogP contribution in [0.1, 0.15) is 5.56 Å². The predicted molar refractivity (Wildman–Crippen MR) is 92.7 cm³/mol. The molecule has 0 atom stereocenters. The molecule has 2 aromatic rings. The van der Waals surface area contributed by atoms with Crippen LogP contribution in [-0.2, 0) is 22.8 Å². The molecular formula is C15H19N5O4S. The Morgan fingerprint density at radius 1 is 1.16 bits per heavy atom. The van der Waals surface area contributed by atoms with E-state index in [0.29, 0.717) is 18.9 Å². The molecule has 9 nitrogen and oxygen atoms in total. The van der Waals surface area contributed by atoms with Gasteiger partial charge in [0.1, 0.15) is 0 Å². The molecule has 0 N–H and O–H groups in total. The highest BCUT2D eigenvalue weighted by Crippen LogP contribution is 2.27. The molecule has 10 heteroatoms. The standard InChI is InChI=1S/C15H19N5O4S/c1-17-12-16-14(20(21)22)15(17)18-7-9-19(10-8-18)25(23,24)11-13-5-3-2-4-6-13/h2-6,12H,7-11H2,1H3. The van der Waals surface area contributed by atoms with Crippen LogP contribution in [-0.4, -0.2) is 53.4 Å². The Labute approximate surface area is 145 Å². The lowest BCUT2D eigenvalue weighted by Gasteiger charge is -2.34. The van der Waals surface area contributed by atoms with Gasteiger partial charge in [-0.25, -0.2) is 8.42 Å². The molecule has 25 heavy (non-hydrogen) atoms. The van der Waals surface area contributed by atoms with Crippen LogP contribution in [0.3, 0.4) is 0 Å². The fourth-order valence-corrected chi connectivity index (χ4v) is 4.47. The Morgan fingerprint density at radius 2 is 1.80 bits per heavy atom. The van der Waals surface area contributed by atoms with Crippen molar-refractivity contribution in [3.8, 4) is 0 Å². The number of piperazine rings is 1. The quantitative estimate of drug-likeness (QED) is 0.578. The third-order valence-electron chi connectivity index (χ3n) is 4.18. The minimum Gasteiger partial charge on any atom is -0.358 e. The third-order valence-corrected chi connectivity index (χ3v) is 6.03. The predicted octanol–water partition coefficient (Wildman–Crippen LogP) is 0.980. The number of nitrogens with zero attached hydrogens (tertiary/aromatic N) is 5. The van der Waals surface area contributed by atoms with E-state index in [9.17, 15) is 18.5 Å². The van der Waals surface area contributed by atoms with Crippen molar-refractivity contribution in [3.05, 3.63) is 52.3 Å². The molecule has 1 aromatic carbocycles. The maximum absolute atomic E-state index is 12.6. The number of benzene rings is 1. The van der Waals surface area contributed by atoms with Crippen LogP contribution in [0.2, 0.25) is 0 Å². The van der Waals surface area contributed by atoms with Gasteiger partial charge in [-0.05, 0) is 15.5 Å². The van der Waals surface area contributed by atoms with Gasteiger partial charge in [0.15, 0.2) is 0 Å². The van der Waals surface area contributed by atoms with E-state index in [4.69, 9.17) is 0 Å². The number of rotatable bonds is 5. The summed E-state index contributed by atoms with van der Waals surface area (Å²) < 4.78 is 28.2. The van der Waals surface area contributed by atoms with Gasteiger partial charge in [0.25, 0.3) is 0 Å². The lowest BCUT2D eigenvalue weighted by atomic mass is 10.2. The van der Waals surface area contributed by atoms with Crippen LogP contribution in [0.25, 0.3) is 0 Å². The molecule has 0 radical (unpaired) electrons. The van der Waals surface area contributed by atoms with Gasteiger partial charge in [0.2, 0.25) is 22.2 Å². The van der Waals surface area contributed by atoms with Crippen molar-refractivity contribution in [2.45, 2.75) is 5.75 Å². The first kappa shape index (κ1) is 17.4. The van der Waals surface area contributed by atoms with Gasteiger partial charge < -0.3 is 15.0 Å². The molecule has 0 aliphatic carbocycles. The van der Waals surface area contributed by atoms with Crippen LogP contribution < -0.4 is 4.90 Å². The fraction of sp³-hybridized carbons (Fsp3) is 0.400. The zero-order chi connectivity index (χ0) is 18.0. The lowest BCUT2D eigenvalue weighted by Crippen LogP contribution is -2.49. The smallest absolute Gasteiger partial charge is 0.358 e. The molecule has 0 spiro atoms. The Balaban J connectivity index is 1.70. The number of sulfonamides is 1. The molecular weight excluding hydrogens is 346 g/mol. The first-order chi connectivity index (χ1) is 11.9. The Bertz CT molecular complexity index is 857. The van der Waals surface area contributed by atoms with Gasteiger partial charge in [0.05, 0.1) is 5.75 Å².